The van der Waals surface area contributed by atoms with E-state index < -0.39 is 0 Å². The van der Waals surface area contributed by atoms with E-state index in [0.29, 0.717) is 23.9 Å². The van der Waals surface area contributed by atoms with Crippen LogP contribution >= 0.6 is 11.6 Å². The van der Waals surface area contributed by atoms with E-state index in [1.54, 1.807) is 30.0 Å². The summed E-state index contributed by atoms with van der Waals surface area (Å²) in [5.74, 6) is 0.960. The van der Waals surface area contributed by atoms with Gasteiger partial charge in [0.25, 0.3) is 5.91 Å². The number of phenolic OH excluding ortho intramolecular Hbond substituents is 1. The molecule has 0 aromatic heterocycles. The van der Waals surface area contributed by atoms with Crippen LogP contribution in [0.4, 0.5) is 0 Å². The molecule has 1 atom stereocenters. The van der Waals surface area contributed by atoms with Crippen LogP contribution in [0, 0.1) is 12.8 Å². The van der Waals surface area contributed by atoms with E-state index in [9.17, 15) is 9.90 Å². The van der Waals surface area contributed by atoms with E-state index >= 15 is 0 Å². The Hall–Kier alpha value is -1.22. The van der Waals surface area contributed by atoms with Crippen molar-refractivity contribution < 1.29 is 9.90 Å². The molecule has 0 aliphatic carbocycles. The third-order valence-corrected chi connectivity index (χ3v) is 3.70. The van der Waals surface area contributed by atoms with Gasteiger partial charge in [-0.05, 0) is 30.9 Å². The third-order valence-electron chi connectivity index (χ3n) is 3.26. The molecular weight excluding hydrogens is 238 g/mol. The first kappa shape index (κ1) is 12.2. The normalized spacial score (nSPS) is 19.6. The van der Waals surface area contributed by atoms with Gasteiger partial charge in [0.1, 0.15) is 5.75 Å². The van der Waals surface area contributed by atoms with Crippen molar-refractivity contribution in [3.05, 3.63) is 29.3 Å². The summed E-state index contributed by atoms with van der Waals surface area (Å²) >= 11 is 5.79. The van der Waals surface area contributed by atoms with Crippen molar-refractivity contribution in [1.82, 2.24) is 4.90 Å². The number of para-hydroxylation sites is 1. The Labute approximate surface area is 106 Å². The molecule has 0 radical (unpaired) electrons. The number of carbonyl (C=O) groups excluding carboxylic acids is 1. The Morgan fingerprint density at radius 1 is 1.59 bits per heavy atom. The predicted molar refractivity (Wildman–Crippen MR) is 67.6 cm³/mol. The van der Waals surface area contributed by atoms with Crippen molar-refractivity contribution in [1.29, 1.82) is 0 Å². The number of benzene rings is 1. The number of rotatable bonds is 2. The predicted octanol–water partition coefficient (Wildman–Crippen LogP) is 2.40. The summed E-state index contributed by atoms with van der Waals surface area (Å²) in [5.41, 5.74) is 1.11. The number of aryl methyl sites for hydroxylation is 1. The summed E-state index contributed by atoms with van der Waals surface area (Å²) in [6, 6.07) is 5.24. The first-order valence-electron chi connectivity index (χ1n) is 5.77. The molecule has 1 unspecified atom stereocenters. The first-order valence-corrected chi connectivity index (χ1v) is 6.30. The Morgan fingerprint density at radius 2 is 2.35 bits per heavy atom. The smallest absolute Gasteiger partial charge is 0.257 e. The molecule has 1 saturated heterocycles. The topological polar surface area (TPSA) is 40.5 Å². The van der Waals surface area contributed by atoms with Crippen LogP contribution in [-0.4, -0.2) is 34.9 Å². The highest BCUT2D eigenvalue weighted by molar-refractivity contribution is 6.18. The summed E-state index contributed by atoms with van der Waals surface area (Å²) in [6.45, 7) is 3.21. The summed E-state index contributed by atoms with van der Waals surface area (Å²) in [6.07, 6.45) is 0.946. The molecule has 0 bridgehead atoms. The lowest BCUT2D eigenvalue weighted by molar-refractivity contribution is 0.0785. The van der Waals surface area contributed by atoms with Crippen molar-refractivity contribution in [2.24, 2.45) is 5.92 Å². The fourth-order valence-corrected chi connectivity index (χ4v) is 2.40. The highest BCUT2D eigenvalue weighted by Gasteiger charge is 2.27. The van der Waals surface area contributed by atoms with Crippen LogP contribution in [0.15, 0.2) is 18.2 Å². The highest BCUT2D eigenvalue weighted by Crippen LogP contribution is 2.26. The molecule has 1 aromatic rings. The van der Waals surface area contributed by atoms with Gasteiger partial charge in [0.05, 0.1) is 5.56 Å². The minimum Gasteiger partial charge on any atom is -0.507 e. The molecule has 1 aliphatic heterocycles. The molecule has 3 nitrogen and oxygen atoms in total. The number of alkyl halides is 1. The number of phenols is 1. The van der Waals surface area contributed by atoms with Crippen LogP contribution in [0.5, 0.6) is 5.75 Å². The van der Waals surface area contributed by atoms with Crippen LogP contribution in [0.3, 0.4) is 0 Å². The van der Waals surface area contributed by atoms with Gasteiger partial charge in [0.2, 0.25) is 0 Å². The van der Waals surface area contributed by atoms with Gasteiger partial charge in [0.15, 0.2) is 0 Å². The van der Waals surface area contributed by atoms with Gasteiger partial charge < -0.3 is 10.0 Å². The zero-order valence-corrected chi connectivity index (χ0v) is 10.6. The second-order valence-electron chi connectivity index (χ2n) is 4.53. The molecule has 92 valence electrons. The standard InChI is InChI=1S/C13H16ClNO2/c1-9-3-2-4-11(12(9)16)13(17)15-6-5-10(7-14)8-15/h2-4,10,16H,5-8H2,1H3. The molecule has 1 N–H and O–H groups in total. The molecule has 1 aliphatic rings. The van der Waals surface area contributed by atoms with E-state index in [2.05, 4.69) is 0 Å². The minimum atomic E-state index is -0.0983. The van der Waals surface area contributed by atoms with E-state index in [0.717, 1.165) is 18.5 Å². The Kier molecular flexibility index (Phi) is 3.57. The van der Waals surface area contributed by atoms with Crippen LogP contribution < -0.4 is 0 Å². The SMILES string of the molecule is Cc1cccc(C(=O)N2CCC(CCl)C2)c1O. The number of carbonyl (C=O) groups is 1. The molecule has 2 rings (SSSR count). The molecule has 17 heavy (non-hydrogen) atoms. The van der Waals surface area contributed by atoms with Crippen molar-refractivity contribution in [3.63, 3.8) is 0 Å². The quantitative estimate of drug-likeness (QED) is 0.823. The van der Waals surface area contributed by atoms with Gasteiger partial charge in [-0.1, -0.05) is 12.1 Å². The Bertz CT molecular complexity index is 433. The summed E-state index contributed by atoms with van der Waals surface area (Å²) in [7, 11) is 0. The molecule has 1 fully saturated rings. The van der Waals surface area contributed by atoms with Crippen LogP contribution in [-0.2, 0) is 0 Å². The number of likely N-dealkylation sites (tertiary alicyclic amines) is 1. The van der Waals surface area contributed by atoms with Crippen LogP contribution in [0.2, 0.25) is 0 Å². The molecule has 0 saturated carbocycles. The number of hydrogen-bond acceptors (Lipinski definition) is 2. The van der Waals surface area contributed by atoms with E-state index in [1.165, 1.54) is 0 Å². The molecule has 4 heteroatoms. The third kappa shape index (κ3) is 2.39. The lowest BCUT2D eigenvalue weighted by Crippen LogP contribution is -2.29. The van der Waals surface area contributed by atoms with Gasteiger partial charge in [-0.2, -0.15) is 0 Å². The van der Waals surface area contributed by atoms with Gasteiger partial charge in [-0.25, -0.2) is 0 Å². The maximum atomic E-state index is 12.2. The maximum absolute atomic E-state index is 12.2. The maximum Gasteiger partial charge on any atom is 0.257 e. The molecular formula is C13H16ClNO2. The molecule has 1 heterocycles. The zero-order chi connectivity index (χ0) is 12.4. The fourth-order valence-electron chi connectivity index (χ4n) is 2.14. The highest BCUT2D eigenvalue weighted by atomic mass is 35.5. The average molecular weight is 254 g/mol. The zero-order valence-electron chi connectivity index (χ0n) is 9.82. The summed E-state index contributed by atoms with van der Waals surface area (Å²) in [5, 5.41) is 9.88. The Morgan fingerprint density at radius 3 is 3.00 bits per heavy atom. The summed E-state index contributed by atoms with van der Waals surface area (Å²) in [4.78, 5) is 14.0. The van der Waals surface area contributed by atoms with E-state index in [1.807, 2.05) is 0 Å². The van der Waals surface area contributed by atoms with Gasteiger partial charge in [0, 0.05) is 19.0 Å². The lowest BCUT2D eigenvalue weighted by atomic mass is 10.1. The lowest BCUT2D eigenvalue weighted by Gasteiger charge is -2.17. The van der Waals surface area contributed by atoms with Gasteiger partial charge in [-0.3, -0.25) is 4.79 Å². The van der Waals surface area contributed by atoms with Crippen molar-refractivity contribution >= 4 is 17.5 Å². The van der Waals surface area contributed by atoms with Crippen LogP contribution in [0.25, 0.3) is 0 Å². The summed E-state index contributed by atoms with van der Waals surface area (Å²) < 4.78 is 0. The van der Waals surface area contributed by atoms with Crippen LogP contribution in [0.1, 0.15) is 22.3 Å². The second kappa shape index (κ2) is 4.96. The first-order chi connectivity index (χ1) is 8.13. The number of halogens is 1. The average Bonchev–Trinajstić information content (AvgIpc) is 2.80. The van der Waals surface area contributed by atoms with E-state index in [4.69, 9.17) is 11.6 Å². The van der Waals surface area contributed by atoms with E-state index in [-0.39, 0.29) is 11.7 Å². The van der Waals surface area contributed by atoms with Crippen molar-refractivity contribution in [3.8, 4) is 5.75 Å². The second-order valence-corrected chi connectivity index (χ2v) is 4.84. The minimum absolute atomic E-state index is 0.0897. The van der Waals surface area contributed by atoms with Crippen molar-refractivity contribution in [2.75, 3.05) is 19.0 Å². The number of hydrogen-bond donors (Lipinski definition) is 1. The number of amides is 1. The Balaban J connectivity index is 2.18. The molecule has 1 amide bonds. The van der Waals surface area contributed by atoms with Gasteiger partial charge in [-0.15, -0.1) is 11.6 Å². The molecule has 0 spiro atoms. The number of nitrogens with zero attached hydrogens (tertiary/aromatic N) is 1. The van der Waals surface area contributed by atoms with Crippen molar-refractivity contribution in [2.45, 2.75) is 13.3 Å². The monoisotopic (exact) mass is 253 g/mol. The number of aromatic hydroxyl groups is 1. The van der Waals surface area contributed by atoms with Gasteiger partial charge >= 0.3 is 0 Å². The largest absolute Gasteiger partial charge is 0.507 e. The molecule has 1 aromatic carbocycles. The fraction of sp³-hybridized carbons (Fsp3) is 0.462.